The van der Waals surface area contributed by atoms with Crippen molar-refractivity contribution in [1.82, 2.24) is 19.5 Å². The van der Waals surface area contributed by atoms with Crippen LogP contribution in [0.3, 0.4) is 0 Å². The average Bonchev–Trinajstić information content (AvgIpc) is 3.38. The summed E-state index contributed by atoms with van der Waals surface area (Å²) < 4.78 is 1.94. The summed E-state index contributed by atoms with van der Waals surface area (Å²) in [7, 11) is 0. The van der Waals surface area contributed by atoms with Gasteiger partial charge in [-0.05, 0) is 36.4 Å². The molecule has 1 aliphatic heterocycles. The molecule has 128 valence electrons. The number of amides is 1. The van der Waals surface area contributed by atoms with Gasteiger partial charge in [0, 0.05) is 25.6 Å². The molecule has 1 fully saturated rings. The minimum atomic E-state index is -0.0678. The fraction of sp³-hybridized carbons (Fsp3) is 0.333. The predicted octanol–water partition coefficient (Wildman–Crippen LogP) is 3.12. The number of hydrogen-bond donors (Lipinski definition) is 0. The van der Waals surface area contributed by atoms with Crippen molar-refractivity contribution in [3.05, 3.63) is 52.6 Å². The number of rotatable bonds is 5. The third-order valence-electron chi connectivity index (χ3n) is 4.57. The van der Waals surface area contributed by atoms with Crippen LogP contribution in [-0.2, 0) is 4.79 Å². The molecule has 4 heterocycles. The number of pyridine rings is 1. The smallest absolute Gasteiger partial charge is 0.223 e. The van der Waals surface area contributed by atoms with Crippen LogP contribution >= 0.6 is 11.3 Å². The van der Waals surface area contributed by atoms with Gasteiger partial charge in [0.2, 0.25) is 5.91 Å². The summed E-state index contributed by atoms with van der Waals surface area (Å²) in [6.45, 7) is 0.707. The SMILES string of the molecule is O=C(CCC(=O)N1CCC[C@H]1c1nnc2ccccn12)c1cccs1. The Morgan fingerprint density at radius 3 is 2.92 bits per heavy atom. The Kier molecular flexibility index (Phi) is 4.31. The van der Waals surface area contributed by atoms with Gasteiger partial charge in [-0.3, -0.25) is 14.0 Å². The molecule has 1 saturated heterocycles. The van der Waals surface area contributed by atoms with Gasteiger partial charge in [-0.15, -0.1) is 21.5 Å². The van der Waals surface area contributed by atoms with E-state index in [4.69, 9.17) is 0 Å². The first-order valence-electron chi connectivity index (χ1n) is 8.40. The topological polar surface area (TPSA) is 67.6 Å². The lowest BCUT2D eigenvalue weighted by Crippen LogP contribution is -2.31. The number of likely N-dealkylation sites (tertiary alicyclic amines) is 1. The second-order valence-corrected chi connectivity index (χ2v) is 7.08. The van der Waals surface area contributed by atoms with E-state index in [0.29, 0.717) is 11.4 Å². The van der Waals surface area contributed by atoms with Gasteiger partial charge < -0.3 is 4.90 Å². The van der Waals surface area contributed by atoms with E-state index in [0.717, 1.165) is 24.3 Å². The van der Waals surface area contributed by atoms with Crippen LogP contribution < -0.4 is 0 Å². The van der Waals surface area contributed by atoms with Gasteiger partial charge in [0.15, 0.2) is 17.3 Å². The van der Waals surface area contributed by atoms with Gasteiger partial charge in [0.05, 0.1) is 10.9 Å². The number of ketones is 1. The molecule has 0 saturated carbocycles. The third-order valence-corrected chi connectivity index (χ3v) is 5.48. The minimum Gasteiger partial charge on any atom is -0.332 e. The predicted molar refractivity (Wildman–Crippen MR) is 94.6 cm³/mol. The normalized spacial score (nSPS) is 17.3. The molecule has 3 aromatic rings. The van der Waals surface area contributed by atoms with E-state index >= 15 is 0 Å². The second-order valence-electron chi connectivity index (χ2n) is 6.13. The van der Waals surface area contributed by atoms with Gasteiger partial charge in [0.25, 0.3) is 0 Å². The Bertz CT molecular complexity index is 903. The maximum absolute atomic E-state index is 12.7. The molecular weight excluding hydrogens is 336 g/mol. The van der Waals surface area contributed by atoms with E-state index in [1.165, 1.54) is 11.3 Å². The molecule has 1 amide bonds. The van der Waals surface area contributed by atoms with E-state index < -0.39 is 0 Å². The highest BCUT2D eigenvalue weighted by Gasteiger charge is 2.33. The molecular formula is C18H18N4O2S. The van der Waals surface area contributed by atoms with Crippen LogP contribution in [0.15, 0.2) is 41.9 Å². The maximum Gasteiger partial charge on any atom is 0.223 e. The first-order valence-corrected chi connectivity index (χ1v) is 9.28. The summed E-state index contributed by atoms with van der Waals surface area (Å²) in [4.78, 5) is 27.4. The first-order chi connectivity index (χ1) is 12.2. The molecule has 25 heavy (non-hydrogen) atoms. The zero-order valence-corrected chi connectivity index (χ0v) is 14.5. The Balaban J connectivity index is 1.47. The molecule has 0 radical (unpaired) electrons. The lowest BCUT2D eigenvalue weighted by atomic mass is 10.1. The van der Waals surface area contributed by atoms with Crippen molar-refractivity contribution in [2.24, 2.45) is 0 Å². The number of nitrogens with zero attached hydrogens (tertiary/aromatic N) is 4. The van der Waals surface area contributed by atoms with Crippen LogP contribution in [0.2, 0.25) is 0 Å². The van der Waals surface area contributed by atoms with E-state index in [-0.39, 0.29) is 30.6 Å². The zero-order valence-electron chi connectivity index (χ0n) is 13.7. The van der Waals surface area contributed by atoms with Gasteiger partial charge in [0.1, 0.15) is 0 Å². The molecule has 4 rings (SSSR count). The van der Waals surface area contributed by atoms with Crippen LogP contribution in [0, 0.1) is 0 Å². The molecule has 7 heteroatoms. The quantitative estimate of drug-likeness (QED) is 0.660. The Hall–Kier alpha value is -2.54. The monoisotopic (exact) mass is 354 g/mol. The van der Waals surface area contributed by atoms with Crippen molar-refractivity contribution < 1.29 is 9.59 Å². The van der Waals surface area contributed by atoms with Crippen LogP contribution in [0.1, 0.15) is 47.2 Å². The highest BCUT2D eigenvalue weighted by molar-refractivity contribution is 7.12. The van der Waals surface area contributed by atoms with E-state index in [1.54, 1.807) is 6.07 Å². The Labute approximate surface area is 149 Å². The highest BCUT2D eigenvalue weighted by Crippen LogP contribution is 2.31. The summed E-state index contributed by atoms with van der Waals surface area (Å²) in [5.41, 5.74) is 0.782. The molecule has 0 aromatic carbocycles. The number of Topliss-reactive ketones (excluding diaryl/α,β-unsaturated/α-hetero) is 1. The van der Waals surface area contributed by atoms with E-state index in [1.807, 2.05) is 45.1 Å². The van der Waals surface area contributed by atoms with Crippen molar-refractivity contribution in [2.45, 2.75) is 31.7 Å². The van der Waals surface area contributed by atoms with Gasteiger partial charge in [-0.25, -0.2) is 0 Å². The maximum atomic E-state index is 12.7. The average molecular weight is 354 g/mol. The number of thiophene rings is 1. The fourth-order valence-electron chi connectivity index (χ4n) is 3.35. The van der Waals surface area contributed by atoms with Gasteiger partial charge >= 0.3 is 0 Å². The lowest BCUT2D eigenvalue weighted by molar-refractivity contribution is -0.132. The Morgan fingerprint density at radius 2 is 2.08 bits per heavy atom. The number of aromatic nitrogens is 3. The summed E-state index contributed by atoms with van der Waals surface area (Å²) in [5.74, 6) is 0.846. The summed E-state index contributed by atoms with van der Waals surface area (Å²) in [5, 5.41) is 10.4. The molecule has 6 nitrogen and oxygen atoms in total. The fourth-order valence-corrected chi connectivity index (χ4v) is 4.04. The Morgan fingerprint density at radius 1 is 1.16 bits per heavy atom. The van der Waals surface area contributed by atoms with Crippen molar-refractivity contribution in [3.63, 3.8) is 0 Å². The molecule has 0 spiro atoms. The second kappa shape index (κ2) is 6.76. The molecule has 0 N–H and O–H groups in total. The minimum absolute atomic E-state index is 0.0140. The molecule has 3 aromatic heterocycles. The van der Waals surface area contributed by atoms with Crippen LogP contribution in [0.4, 0.5) is 0 Å². The molecule has 1 aliphatic rings. The van der Waals surface area contributed by atoms with Crippen molar-refractivity contribution in [3.8, 4) is 0 Å². The van der Waals surface area contributed by atoms with Crippen LogP contribution in [0.25, 0.3) is 5.65 Å². The largest absolute Gasteiger partial charge is 0.332 e. The molecule has 0 unspecified atom stereocenters. The third kappa shape index (κ3) is 3.07. The molecule has 1 atom stereocenters. The van der Waals surface area contributed by atoms with Gasteiger partial charge in [-0.1, -0.05) is 12.1 Å². The zero-order chi connectivity index (χ0) is 17.2. The summed E-state index contributed by atoms with van der Waals surface area (Å²) in [6.07, 6.45) is 4.23. The van der Waals surface area contributed by atoms with Crippen molar-refractivity contribution >= 4 is 28.7 Å². The summed E-state index contributed by atoms with van der Waals surface area (Å²) >= 11 is 1.42. The number of carbonyl (C=O) groups excluding carboxylic acids is 2. The van der Waals surface area contributed by atoms with E-state index in [9.17, 15) is 9.59 Å². The standard InChI is InChI=1S/C18H18N4O2S/c23-14(15-6-4-12-25-15)8-9-17(24)21-11-3-5-13(21)18-20-19-16-7-1-2-10-22(16)18/h1-2,4,6-7,10,12-13H,3,5,8-9,11H2/t13-/m0/s1. The summed E-state index contributed by atoms with van der Waals surface area (Å²) in [6, 6.07) is 9.34. The highest BCUT2D eigenvalue weighted by atomic mass is 32.1. The van der Waals surface area contributed by atoms with Gasteiger partial charge in [-0.2, -0.15) is 0 Å². The molecule has 0 bridgehead atoms. The first kappa shape index (κ1) is 16.0. The van der Waals surface area contributed by atoms with Crippen molar-refractivity contribution in [2.75, 3.05) is 6.54 Å². The number of fused-ring (bicyclic) bond motifs is 1. The molecule has 0 aliphatic carbocycles. The number of carbonyl (C=O) groups is 2. The van der Waals surface area contributed by atoms with Crippen LogP contribution in [0.5, 0.6) is 0 Å². The van der Waals surface area contributed by atoms with Crippen LogP contribution in [-0.4, -0.2) is 37.7 Å². The number of hydrogen-bond acceptors (Lipinski definition) is 5. The van der Waals surface area contributed by atoms with Crippen molar-refractivity contribution in [1.29, 1.82) is 0 Å². The lowest BCUT2D eigenvalue weighted by Gasteiger charge is -2.23. The van der Waals surface area contributed by atoms with E-state index in [2.05, 4.69) is 10.2 Å².